The van der Waals surface area contributed by atoms with Gasteiger partial charge in [0.15, 0.2) is 0 Å². The number of carboxylic acids is 1. The Hall–Kier alpha value is -3.20. The zero-order valence-electron chi connectivity index (χ0n) is 14.1. The third kappa shape index (κ3) is 3.98. The van der Waals surface area contributed by atoms with E-state index >= 15 is 0 Å². The molecule has 0 saturated carbocycles. The number of aliphatic carboxylic acids is 1. The van der Waals surface area contributed by atoms with Crippen LogP contribution in [0.1, 0.15) is 29.0 Å². The number of benzene rings is 1. The van der Waals surface area contributed by atoms with Gasteiger partial charge in [0.1, 0.15) is 17.6 Å². The van der Waals surface area contributed by atoms with Crippen LogP contribution in [-0.4, -0.2) is 36.5 Å². The Bertz CT molecular complexity index is 980. The number of hydrogen-bond acceptors (Lipinski definition) is 4. The summed E-state index contributed by atoms with van der Waals surface area (Å²) in [6, 6.07) is 4.82. The lowest BCUT2D eigenvalue weighted by Gasteiger charge is -2.11. The summed E-state index contributed by atoms with van der Waals surface area (Å²) < 4.78 is 16.4. The van der Waals surface area contributed by atoms with E-state index in [1.807, 2.05) is 0 Å². The van der Waals surface area contributed by atoms with Crippen LogP contribution < -0.4 is 5.32 Å². The van der Waals surface area contributed by atoms with Crippen molar-refractivity contribution in [2.75, 3.05) is 5.32 Å². The highest BCUT2D eigenvalue weighted by Gasteiger charge is 2.21. The quantitative estimate of drug-likeness (QED) is 0.672. The van der Waals surface area contributed by atoms with Gasteiger partial charge in [0.05, 0.1) is 18.4 Å². The molecule has 2 N–H and O–H groups in total. The lowest BCUT2D eigenvalue weighted by atomic mass is 10.2. The van der Waals surface area contributed by atoms with Gasteiger partial charge in [-0.3, -0.25) is 9.48 Å². The van der Waals surface area contributed by atoms with E-state index < -0.39 is 23.7 Å². The first-order valence-electron chi connectivity index (χ1n) is 7.90. The number of hydrogen-bond donors (Lipinski definition) is 2. The average Bonchev–Trinajstić information content (AvgIpc) is 3.27. The minimum atomic E-state index is -1.11. The lowest BCUT2D eigenvalue weighted by molar-refractivity contribution is -0.140. The second kappa shape index (κ2) is 7.58. The number of carboxylic acid groups (broad SMARTS) is 1. The number of nitrogens with one attached hydrogen (secondary N) is 1. The lowest BCUT2D eigenvalue weighted by Crippen LogP contribution is -2.24. The fourth-order valence-electron chi connectivity index (χ4n) is 2.46. The summed E-state index contributed by atoms with van der Waals surface area (Å²) in [7, 11) is 0. The fourth-order valence-corrected chi connectivity index (χ4v) is 2.69. The minimum Gasteiger partial charge on any atom is -0.480 e. The van der Waals surface area contributed by atoms with Gasteiger partial charge in [-0.2, -0.15) is 10.2 Å². The summed E-state index contributed by atoms with van der Waals surface area (Å²) in [5.41, 5.74) is 0.742. The number of carbonyl (C=O) groups excluding carboxylic acids is 1. The van der Waals surface area contributed by atoms with Crippen molar-refractivity contribution >= 4 is 29.2 Å². The molecule has 1 amide bonds. The molecule has 1 atom stereocenters. The molecule has 0 aliphatic rings. The standard InChI is InChI=1S/C17H15ClFN5O3/c1-10(17(26)27)24-15(5-6-20-24)16(25)22-11-7-21-23(8-11)9-12-13(18)3-2-4-14(12)19/h2-8,10H,9H2,1H3,(H,22,25)(H,26,27). The van der Waals surface area contributed by atoms with E-state index in [4.69, 9.17) is 16.7 Å². The largest absolute Gasteiger partial charge is 0.480 e. The first-order valence-corrected chi connectivity index (χ1v) is 8.27. The van der Waals surface area contributed by atoms with Gasteiger partial charge in [-0.05, 0) is 25.1 Å². The monoisotopic (exact) mass is 391 g/mol. The van der Waals surface area contributed by atoms with Gasteiger partial charge in [-0.15, -0.1) is 0 Å². The van der Waals surface area contributed by atoms with E-state index in [9.17, 15) is 14.0 Å². The Balaban J connectivity index is 1.74. The van der Waals surface area contributed by atoms with Crippen molar-refractivity contribution in [3.63, 3.8) is 0 Å². The van der Waals surface area contributed by atoms with Gasteiger partial charge >= 0.3 is 5.97 Å². The Morgan fingerprint density at radius 3 is 2.81 bits per heavy atom. The van der Waals surface area contributed by atoms with Crippen LogP contribution >= 0.6 is 11.6 Å². The molecule has 0 spiro atoms. The Kier molecular flexibility index (Phi) is 5.22. The van der Waals surface area contributed by atoms with Crippen LogP contribution in [0.15, 0.2) is 42.9 Å². The Morgan fingerprint density at radius 2 is 2.11 bits per heavy atom. The van der Waals surface area contributed by atoms with Crippen molar-refractivity contribution < 1.29 is 19.1 Å². The van der Waals surface area contributed by atoms with Gasteiger partial charge in [-0.1, -0.05) is 17.7 Å². The molecular weight excluding hydrogens is 377 g/mol. The van der Waals surface area contributed by atoms with E-state index in [-0.39, 0.29) is 22.8 Å². The van der Waals surface area contributed by atoms with Crippen LogP contribution in [0.4, 0.5) is 10.1 Å². The predicted molar refractivity (Wildman–Crippen MR) is 95.3 cm³/mol. The third-order valence-electron chi connectivity index (χ3n) is 3.90. The highest BCUT2D eigenvalue weighted by Crippen LogP contribution is 2.20. The first-order chi connectivity index (χ1) is 12.9. The summed E-state index contributed by atoms with van der Waals surface area (Å²) in [5.74, 6) is -2.10. The number of carbonyl (C=O) groups is 2. The van der Waals surface area contributed by atoms with E-state index in [0.717, 1.165) is 4.68 Å². The highest BCUT2D eigenvalue weighted by atomic mass is 35.5. The number of amides is 1. The Labute approximate surface area is 158 Å². The molecule has 3 rings (SSSR count). The first kappa shape index (κ1) is 18.6. The summed E-state index contributed by atoms with van der Waals surface area (Å²) in [6.07, 6.45) is 4.26. The maximum Gasteiger partial charge on any atom is 0.328 e. The molecular formula is C17H15ClFN5O3. The van der Waals surface area contributed by atoms with E-state index in [1.54, 1.807) is 6.07 Å². The summed E-state index contributed by atoms with van der Waals surface area (Å²) in [5, 5.41) is 19.9. The number of rotatable bonds is 6. The molecule has 0 bridgehead atoms. The summed E-state index contributed by atoms with van der Waals surface area (Å²) in [6.45, 7) is 1.51. The van der Waals surface area contributed by atoms with Crippen molar-refractivity contribution in [2.45, 2.75) is 19.5 Å². The molecule has 3 aromatic rings. The molecule has 0 aliphatic heterocycles. The van der Waals surface area contributed by atoms with Crippen LogP contribution in [0.5, 0.6) is 0 Å². The molecule has 0 saturated heterocycles. The SMILES string of the molecule is CC(C(=O)O)n1nccc1C(=O)Nc1cnn(Cc2c(F)cccc2Cl)c1. The maximum absolute atomic E-state index is 13.9. The molecule has 10 heteroatoms. The van der Waals surface area contributed by atoms with Crippen LogP contribution in [-0.2, 0) is 11.3 Å². The number of aromatic nitrogens is 4. The summed E-state index contributed by atoms with van der Waals surface area (Å²) in [4.78, 5) is 23.5. The van der Waals surface area contributed by atoms with Gasteiger partial charge in [0, 0.05) is 23.0 Å². The molecule has 0 fully saturated rings. The third-order valence-corrected chi connectivity index (χ3v) is 4.25. The molecule has 8 nitrogen and oxygen atoms in total. The zero-order chi connectivity index (χ0) is 19.6. The zero-order valence-corrected chi connectivity index (χ0v) is 14.9. The van der Waals surface area contributed by atoms with Gasteiger partial charge in [0.25, 0.3) is 5.91 Å². The topological polar surface area (TPSA) is 102 Å². The smallest absolute Gasteiger partial charge is 0.328 e. The van der Waals surface area contributed by atoms with Crippen LogP contribution in [0.25, 0.3) is 0 Å². The highest BCUT2D eigenvalue weighted by molar-refractivity contribution is 6.31. The van der Waals surface area contributed by atoms with Crippen molar-refractivity contribution in [1.82, 2.24) is 19.6 Å². The minimum absolute atomic E-state index is 0.0924. The molecule has 27 heavy (non-hydrogen) atoms. The van der Waals surface area contributed by atoms with Crippen molar-refractivity contribution in [1.29, 1.82) is 0 Å². The van der Waals surface area contributed by atoms with Gasteiger partial charge in [-0.25, -0.2) is 13.9 Å². The number of anilines is 1. The Morgan fingerprint density at radius 1 is 1.33 bits per heavy atom. The average molecular weight is 392 g/mol. The second-order valence-corrected chi connectivity index (χ2v) is 6.16. The van der Waals surface area contributed by atoms with E-state index in [2.05, 4.69) is 15.5 Å². The molecule has 2 heterocycles. The maximum atomic E-state index is 13.9. The second-order valence-electron chi connectivity index (χ2n) is 5.76. The van der Waals surface area contributed by atoms with Gasteiger partial charge in [0.2, 0.25) is 0 Å². The van der Waals surface area contributed by atoms with E-state index in [1.165, 1.54) is 48.4 Å². The molecule has 2 aromatic heterocycles. The van der Waals surface area contributed by atoms with Crippen LogP contribution in [0.2, 0.25) is 5.02 Å². The molecule has 0 aliphatic carbocycles. The molecule has 0 radical (unpaired) electrons. The molecule has 140 valence electrons. The molecule has 1 unspecified atom stereocenters. The van der Waals surface area contributed by atoms with Crippen molar-refractivity contribution in [3.8, 4) is 0 Å². The molecule has 1 aromatic carbocycles. The normalized spacial score (nSPS) is 12.0. The predicted octanol–water partition coefficient (Wildman–Crippen LogP) is 2.82. The van der Waals surface area contributed by atoms with Crippen molar-refractivity contribution in [3.05, 3.63) is 65.0 Å². The number of halogens is 2. The summed E-state index contributed by atoms with van der Waals surface area (Å²) >= 11 is 6.00. The van der Waals surface area contributed by atoms with Gasteiger partial charge < -0.3 is 10.4 Å². The van der Waals surface area contributed by atoms with E-state index in [0.29, 0.717) is 5.69 Å². The fraction of sp³-hybridized carbons (Fsp3) is 0.176. The van der Waals surface area contributed by atoms with Crippen LogP contribution in [0.3, 0.4) is 0 Å². The van der Waals surface area contributed by atoms with Crippen LogP contribution in [0, 0.1) is 5.82 Å². The van der Waals surface area contributed by atoms with Crippen molar-refractivity contribution in [2.24, 2.45) is 0 Å². The number of nitrogens with zero attached hydrogens (tertiary/aromatic N) is 4.